The first-order valence-corrected chi connectivity index (χ1v) is 4.32. The van der Waals surface area contributed by atoms with E-state index in [2.05, 4.69) is 5.32 Å². The maximum Gasteiger partial charge on any atom is 0.234 e. The molecule has 0 aromatic heterocycles. The molecule has 1 saturated heterocycles. The van der Waals surface area contributed by atoms with E-state index < -0.39 is 11.3 Å². The van der Waals surface area contributed by atoms with Crippen LogP contribution in [-0.4, -0.2) is 39.2 Å². The fraction of sp³-hybridized carbons (Fsp3) is 1.00. The number of hydrogen-bond donors (Lipinski definition) is 2. The predicted octanol–water partition coefficient (Wildman–Crippen LogP) is -0.583. The van der Waals surface area contributed by atoms with Gasteiger partial charge in [-0.05, 0) is 13.0 Å². The summed E-state index contributed by atoms with van der Waals surface area (Å²) in [5.74, 6) is 0. The lowest BCUT2D eigenvalue weighted by molar-refractivity contribution is 0.376. The molecule has 0 saturated carbocycles. The summed E-state index contributed by atoms with van der Waals surface area (Å²) in [4.78, 5) is 0. The summed E-state index contributed by atoms with van der Waals surface area (Å²) >= 11 is -1.81. The standard InChI is InChI=1S/C5H12N2O2S/c1-7(10(8)9)5-2-3-6-4-5/h5-6H,2-4H2,1H3,(H,8,9). The van der Waals surface area contributed by atoms with Gasteiger partial charge in [-0.25, -0.2) is 4.21 Å². The minimum Gasteiger partial charge on any atom is -0.315 e. The van der Waals surface area contributed by atoms with Crippen LogP contribution in [0.3, 0.4) is 0 Å². The maximum atomic E-state index is 10.5. The molecule has 5 heteroatoms. The van der Waals surface area contributed by atoms with Gasteiger partial charge in [-0.1, -0.05) is 0 Å². The average molecular weight is 164 g/mol. The maximum absolute atomic E-state index is 10.5. The largest absolute Gasteiger partial charge is 0.315 e. The van der Waals surface area contributed by atoms with E-state index in [9.17, 15) is 4.21 Å². The number of rotatable bonds is 2. The summed E-state index contributed by atoms with van der Waals surface area (Å²) in [5.41, 5.74) is 0. The van der Waals surface area contributed by atoms with Crippen molar-refractivity contribution in [3.63, 3.8) is 0 Å². The first-order valence-electron chi connectivity index (χ1n) is 3.26. The van der Waals surface area contributed by atoms with Gasteiger partial charge in [0.05, 0.1) is 0 Å². The van der Waals surface area contributed by atoms with E-state index in [1.807, 2.05) is 0 Å². The Balaban J connectivity index is 2.39. The second-order valence-corrected chi connectivity index (χ2v) is 3.46. The fourth-order valence-corrected chi connectivity index (χ4v) is 1.51. The Labute approximate surface area is 63.0 Å². The van der Waals surface area contributed by atoms with Gasteiger partial charge in [-0.15, -0.1) is 0 Å². The third-order valence-electron chi connectivity index (χ3n) is 1.79. The smallest absolute Gasteiger partial charge is 0.234 e. The van der Waals surface area contributed by atoms with Gasteiger partial charge < -0.3 is 5.32 Å². The summed E-state index contributed by atoms with van der Waals surface area (Å²) in [6.07, 6.45) is 0.961. The molecule has 0 bridgehead atoms. The quantitative estimate of drug-likeness (QED) is 0.537. The SMILES string of the molecule is CN(C1CCNC1)S(=O)O. The lowest BCUT2D eigenvalue weighted by Crippen LogP contribution is -2.34. The molecule has 0 aromatic rings. The third-order valence-corrected chi connectivity index (χ3v) is 2.59. The van der Waals surface area contributed by atoms with Gasteiger partial charge in [0.1, 0.15) is 0 Å². The van der Waals surface area contributed by atoms with Crippen molar-refractivity contribution in [1.29, 1.82) is 0 Å². The molecule has 2 N–H and O–H groups in total. The molecule has 1 aliphatic heterocycles. The van der Waals surface area contributed by atoms with Crippen LogP contribution in [0.15, 0.2) is 0 Å². The van der Waals surface area contributed by atoms with E-state index in [4.69, 9.17) is 4.55 Å². The molecule has 0 amide bonds. The number of nitrogens with zero attached hydrogens (tertiary/aromatic N) is 1. The lowest BCUT2D eigenvalue weighted by atomic mass is 10.3. The molecule has 60 valence electrons. The van der Waals surface area contributed by atoms with Gasteiger partial charge >= 0.3 is 0 Å². The molecule has 0 radical (unpaired) electrons. The van der Waals surface area contributed by atoms with Gasteiger partial charge in [-0.2, -0.15) is 4.31 Å². The highest BCUT2D eigenvalue weighted by Gasteiger charge is 2.21. The van der Waals surface area contributed by atoms with E-state index in [1.165, 1.54) is 4.31 Å². The monoisotopic (exact) mass is 164 g/mol. The number of hydrogen-bond acceptors (Lipinski definition) is 2. The summed E-state index contributed by atoms with van der Waals surface area (Å²) in [6.45, 7) is 1.77. The van der Waals surface area contributed by atoms with Crippen LogP contribution in [-0.2, 0) is 11.3 Å². The van der Waals surface area contributed by atoms with Crippen molar-refractivity contribution >= 4 is 11.3 Å². The summed E-state index contributed by atoms with van der Waals surface area (Å²) in [6, 6.07) is 0.228. The minimum atomic E-state index is -1.81. The Hall–Kier alpha value is 0.0300. The van der Waals surface area contributed by atoms with Crippen LogP contribution in [0.25, 0.3) is 0 Å². The molecule has 10 heavy (non-hydrogen) atoms. The molecule has 1 rings (SSSR count). The van der Waals surface area contributed by atoms with Crippen LogP contribution in [0.5, 0.6) is 0 Å². The summed E-state index contributed by atoms with van der Waals surface area (Å²) < 4.78 is 20.6. The second kappa shape index (κ2) is 3.43. The van der Waals surface area contributed by atoms with Gasteiger partial charge in [0.2, 0.25) is 11.3 Å². The topological polar surface area (TPSA) is 52.6 Å². The molecule has 4 nitrogen and oxygen atoms in total. The minimum absolute atomic E-state index is 0.228. The number of nitrogens with one attached hydrogen (secondary N) is 1. The van der Waals surface area contributed by atoms with Crippen molar-refractivity contribution in [2.45, 2.75) is 12.5 Å². The van der Waals surface area contributed by atoms with Crippen molar-refractivity contribution in [2.75, 3.05) is 20.1 Å². The predicted molar refractivity (Wildman–Crippen MR) is 39.8 cm³/mol. The Kier molecular flexibility index (Phi) is 2.79. The van der Waals surface area contributed by atoms with E-state index in [-0.39, 0.29) is 6.04 Å². The van der Waals surface area contributed by atoms with E-state index in [0.29, 0.717) is 0 Å². The first kappa shape index (κ1) is 8.13. The Morgan fingerprint density at radius 1 is 1.80 bits per heavy atom. The van der Waals surface area contributed by atoms with Crippen LogP contribution in [0, 0.1) is 0 Å². The van der Waals surface area contributed by atoms with Crippen LogP contribution in [0.4, 0.5) is 0 Å². The molecule has 1 fully saturated rings. The van der Waals surface area contributed by atoms with Crippen molar-refractivity contribution in [1.82, 2.24) is 9.62 Å². The molecule has 0 aliphatic carbocycles. The zero-order valence-corrected chi connectivity index (χ0v) is 6.73. The van der Waals surface area contributed by atoms with Crippen LogP contribution in [0.2, 0.25) is 0 Å². The fourth-order valence-electron chi connectivity index (χ4n) is 1.08. The van der Waals surface area contributed by atoms with Crippen molar-refractivity contribution in [2.24, 2.45) is 0 Å². The van der Waals surface area contributed by atoms with Gasteiger partial charge in [-0.3, -0.25) is 4.55 Å². The summed E-state index contributed by atoms with van der Waals surface area (Å²) in [5, 5.41) is 3.12. The summed E-state index contributed by atoms with van der Waals surface area (Å²) in [7, 11) is 1.66. The van der Waals surface area contributed by atoms with Crippen LogP contribution < -0.4 is 5.32 Å². The highest BCUT2D eigenvalue weighted by Crippen LogP contribution is 2.06. The number of likely N-dealkylation sites (N-methyl/N-ethyl adjacent to an activating group) is 1. The van der Waals surface area contributed by atoms with Gasteiger partial charge in [0, 0.05) is 19.6 Å². The van der Waals surface area contributed by atoms with E-state index in [0.717, 1.165) is 19.5 Å². The van der Waals surface area contributed by atoms with E-state index in [1.54, 1.807) is 7.05 Å². The van der Waals surface area contributed by atoms with Crippen LogP contribution in [0.1, 0.15) is 6.42 Å². The molecule has 0 aromatic carbocycles. The zero-order valence-electron chi connectivity index (χ0n) is 5.91. The highest BCUT2D eigenvalue weighted by atomic mass is 32.2. The lowest BCUT2D eigenvalue weighted by Gasteiger charge is -2.17. The third kappa shape index (κ3) is 1.76. The van der Waals surface area contributed by atoms with E-state index >= 15 is 0 Å². The first-order chi connectivity index (χ1) is 4.72. The average Bonchev–Trinajstić information content (AvgIpc) is 2.36. The van der Waals surface area contributed by atoms with Gasteiger partial charge in [0.25, 0.3) is 0 Å². The van der Waals surface area contributed by atoms with Crippen molar-refractivity contribution in [3.05, 3.63) is 0 Å². The molecular weight excluding hydrogens is 152 g/mol. The second-order valence-electron chi connectivity index (χ2n) is 2.42. The molecule has 1 heterocycles. The molecule has 1 aliphatic rings. The Morgan fingerprint density at radius 3 is 2.90 bits per heavy atom. The molecule has 0 spiro atoms. The Bertz CT molecular complexity index is 136. The highest BCUT2D eigenvalue weighted by molar-refractivity contribution is 7.76. The van der Waals surface area contributed by atoms with Crippen molar-refractivity contribution in [3.8, 4) is 0 Å². The van der Waals surface area contributed by atoms with Crippen molar-refractivity contribution < 1.29 is 8.76 Å². The molecular formula is C5H12N2O2S. The Morgan fingerprint density at radius 2 is 2.50 bits per heavy atom. The zero-order chi connectivity index (χ0) is 7.56. The van der Waals surface area contributed by atoms with Gasteiger partial charge in [0.15, 0.2) is 0 Å². The molecule has 2 unspecified atom stereocenters. The normalized spacial score (nSPS) is 29.3. The molecule has 2 atom stereocenters. The van der Waals surface area contributed by atoms with Crippen LogP contribution >= 0.6 is 0 Å².